The molecule has 0 rings (SSSR count). The summed E-state index contributed by atoms with van der Waals surface area (Å²) in [4.78, 5) is 10.3. The normalized spacial score (nSPS) is 12.2. The van der Waals surface area contributed by atoms with E-state index in [1.165, 1.54) is 0 Å². The minimum absolute atomic E-state index is 0.140. The fourth-order valence-corrected chi connectivity index (χ4v) is 0.656. The molecule has 0 unspecified atom stereocenters. The van der Waals surface area contributed by atoms with Gasteiger partial charge >= 0.3 is 5.92 Å². The number of rotatable bonds is 3. The van der Waals surface area contributed by atoms with Crippen molar-refractivity contribution in [3.8, 4) is 0 Å². The molecular formula is C7H12F2O. The Morgan fingerprint density at radius 1 is 1.50 bits per heavy atom. The lowest BCUT2D eigenvalue weighted by molar-refractivity contribution is -0.142. The molecule has 0 aliphatic heterocycles. The van der Waals surface area contributed by atoms with E-state index in [0.717, 1.165) is 6.92 Å². The second-order valence-corrected chi connectivity index (χ2v) is 2.86. The van der Waals surface area contributed by atoms with Crippen LogP contribution in [0.1, 0.15) is 27.2 Å². The molecular weight excluding hydrogens is 138 g/mol. The Morgan fingerprint density at radius 3 is 2.00 bits per heavy atom. The van der Waals surface area contributed by atoms with Gasteiger partial charge in [-0.25, -0.2) is 0 Å². The van der Waals surface area contributed by atoms with Gasteiger partial charge in [0.2, 0.25) is 0 Å². The summed E-state index contributed by atoms with van der Waals surface area (Å²) >= 11 is 0. The summed E-state index contributed by atoms with van der Waals surface area (Å²) in [7, 11) is 0. The molecule has 60 valence electrons. The van der Waals surface area contributed by atoms with E-state index < -0.39 is 11.7 Å². The molecule has 0 spiro atoms. The van der Waals surface area contributed by atoms with Gasteiger partial charge in [0.1, 0.15) is 0 Å². The van der Waals surface area contributed by atoms with E-state index in [9.17, 15) is 13.6 Å². The number of halogens is 2. The van der Waals surface area contributed by atoms with Crippen LogP contribution in [-0.2, 0) is 4.79 Å². The molecule has 0 saturated carbocycles. The highest BCUT2D eigenvalue weighted by Gasteiger charge is 2.35. The second kappa shape index (κ2) is 3.08. The van der Waals surface area contributed by atoms with Crippen LogP contribution >= 0.6 is 0 Å². The summed E-state index contributed by atoms with van der Waals surface area (Å²) < 4.78 is 24.9. The zero-order chi connectivity index (χ0) is 8.36. The largest absolute Gasteiger partial charge is 0.305 e. The van der Waals surface area contributed by atoms with Crippen LogP contribution < -0.4 is 0 Å². The fourth-order valence-electron chi connectivity index (χ4n) is 0.656. The maximum Gasteiger partial charge on any atom is 0.305 e. The van der Waals surface area contributed by atoms with Gasteiger partial charge in [-0.1, -0.05) is 13.8 Å². The minimum Gasteiger partial charge on any atom is -0.293 e. The van der Waals surface area contributed by atoms with Crippen molar-refractivity contribution < 1.29 is 13.6 Å². The molecule has 0 aliphatic rings. The number of carbonyl (C=O) groups excluding carboxylic acids is 1. The van der Waals surface area contributed by atoms with Crippen LogP contribution in [0.5, 0.6) is 0 Å². The van der Waals surface area contributed by atoms with Gasteiger partial charge in [-0.05, 0) is 5.92 Å². The van der Waals surface area contributed by atoms with Gasteiger partial charge in [0.05, 0.1) is 0 Å². The zero-order valence-electron chi connectivity index (χ0n) is 6.45. The van der Waals surface area contributed by atoms with E-state index in [1.807, 2.05) is 0 Å². The summed E-state index contributed by atoms with van der Waals surface area (Å²) in [6, 6.07) is 0. The van der Waals surface area contributed by atoms with Crippen molar-refractivity contribution in [2.24, 2.45) is 5.92 Å². The molecule has 0 radical (unpaired) electrons. The summed E-state index contributed by atoms with van der Waals surface area (Å²) in [5.41, 5.74) is 0. The highest BCUT2D eigenvalue weighted by Crippen LogP contribution is 2.23. The molecule has 0 bridgehead atoms. The molecule has 0 N–H and O–H groups in total. The van der Waals surface area contributed by atoms with Crippen molar-refractivity contribution in [1.82, 2.24) is 0 Å². The van der Waals surface area contributed by atoms with E-state index in [-0.39, 0.29) is 12.3 Å². The van der Waals surface area contributed by atoms with E-state index in [2.05, 4.69) is 0 Å². The summed E-state index contributed by atoms with van der Waals surface area (Å²) in [6.45, 7) is 4.25. The summed E-state index contributed by atoms with van der Waals surface area (Å²) in [5.74, 6) is -4.30. The quantitative estimate of drug-likeness (QED) is 0.603. The third-order valence-electron chi connectivity index (χ3n) is 1.18. The SMILES string of the molecule is CC(=O)C(F)(F)CC(C)C. The molecule has 0 atom stereocenters. The van der Waals surface area contributed by atoms with E-state index in [0.29, 0.717) is 0 Å². The first kappa shape index (κ1) is 9.53. The first-order valence-electron chi connectivity index (χ1n) is 3.25. The predicted octanol–water partition coefficient (Wildman–Crippen LogP) is 2.26. The molecule has 3 heteroatoms. The predicted molar refractivity (Wildman–Crippen MR) is 35.1 cm³/mol. The van der Waals surface area contributed by atoms with Gasteiger partial charge in [-0.2, -0.15) is 8.78 Å². The molecule has 1 nitrogen and oxygen atoms in total. The van der Waals surface area contributed by atoms with Crippen molar-refractivity contribution >= 4 is 5.78 Å². The van der Waals surface area contributed by atoms with Gasteiger partial charge in [0, 0.05) is 13.3 Å². The molecule has 0 aromatic rings. The van der Waals surface area contributed by atoms with Gasteiger partial charge in [-0.15, -0.1) is 0 Å². The monoisotopic (exact) mass is 150 g/mol. The Labute approximate surface area is 59.4 Å². The van der Waals surface area contributed by atoms with Crippen molar-refractivity contribution in [3.05, 3.63) is 0 Å². The molecule has 0 aromatic heterocycles. The van der Waals surface area contributed by atoms with Crippen molar-refractivity contribution in [2.45, 2.75) is 33.1 Å². The first-order chi connectivity index (χ1) is 4.36. The lowest BCUT2D eigenvalue weighted by Gasteiger charge is -2.14. The van der Waals surface area contributed by atoms with Crippen LogP contribution in [0, 0.1) is 5.92 Å². The lowest BCUT2D eigenvalue weighted by Crippen LogP contribution is -2.27. The minimum atomic E-state index is -3.12. The number of Topliss-reactive ketones (excluding diaryl/α,β-unsaturated/α-hetero) is 1. The topological polar surface area (TPSA) is 17.1 Å². The molecule has 0 amide bonds. The van der Waals surface area contributed by atoms with Crippen LogP contribution in [0.4, 0.5) is 8.78 Å². The Hall–Kier alpha value is -0.470. The second-order valence-electron chi connectivity index (χ2n) is 2.86. The molecule has 0 fully saturated rings. The number of carbonyl (C=O) groups is 1. The van der Waals surface area contributed by atoms with Crippen molar-refractivity contribution in [1.29, 1.82) is 0 Å². The zero-order valence-corrected chi connectivity index (χ0v) is 6.45. The van der Waals surface area contributed by atoms with Crippen molar-refractivity contribution in [2.75, 3.05) is 0 Å². The maximum atomic E-state index is 12.4. The number of alkyl halides is 2. The molecule has 10 heavy (non-hydrogen) atoms. The third kappa shape index (κ3) is 2.90. The van der Waals surface area contributed by atoms with Gasteiger partial charge in [0.25, 0.3) is 0 Å². The van der Waals surface area contributed by atoms with Crippen molar-refractivity contribution in [3.63, 3.8) is 0 Å². The lowest BCUT2D eigenvalue weighted by atomic mass is 10.0. The Balaban J connectivity index is 4.00. The summed E-state index contributed by atoms with van der Waals surface area (Å²) in [6.07, 6.45) is -0.345. The first-order valence-corrected chi connectivity index (χ1v) is 3.25. The standard InChI is InChI=1S/C7H12F2O/c1-5(2)4-7(8,9)6(3)10/h5H,4H2,1-3H3. The molecule has 0 heterocycles. The highest BCUT2D eigenvalue weighted by molar-refractivity contribution is 5.82. The average molecular weight is 150 g/mol. The third-order valence-corrected chi connectivity index (χ3v) is 1.18. The molecule has 0 saturated heterocycles. The van der Waals surface area contributed by atoms with E-state index in [1.54, 1.807) is 13.8 Å². The Bertz CT molecular complexity index is 130. The van der Waals surface area contributed by atoms with Crippen LogP contribution in [0.15, 0.2) is 0 Å². The van der Waals surface area contributed by atoms with Crippen LogP contribution in [-0.4, -0.2) is 11.7 Å². The number of hydrogen-bond acceptors (Lipinski definition) is 1. The highest BCUT2D eigenvalue weighted by atomic mass is 19.3. The van der Waals surface area contributed by atoms with Crippen LogP contribution in [0.25, 0.3) is 0 Å². The smallest absolute Gasteiger partial charge is 0.293 e. The van der Waals surface area contributed by atoms with E-state index >= 15 is 0 Å². The van der Waals surface area contributed by atoms with Crippen LogP contribution in [0.2, 0.25) is 0 Å². The Morgan fingerprint density at radius 2 is 1.90 bits per heavy atom. The maximum absolute atomic E-state index is 12.4. The average Bonchev–Trinajstić information content (AvgIpc) is 1.60. The molecule has 0 aliphatic carbocycles. The van der Waals surface area contributed by atoms with E-state index in [4.69, 9.17) is 0 Å². The van der Waals surface area contributed by atoms with Gasteiger partial charge < -0.3 is 0 Å². The van der Waals surface area contributed by atoms with Crippen LogP contribution in [0.3, 0.4) is 0 Å². The number of hydrogen-bond donors (Lipinski definition) is 0. The fraction of sp³-hybridized carbons (Fsp3) is 0.857. The Kier molecular flexibility index (Phi) is 2.94. The van der Waals surface area contributed by atoms with Gasteiger partial charge in [-0.3, -0.25) is 4.79 Å². The molecule has 0 aromatic carbocycles. The number of ketones is 1. The summed E-state index contributed by atoms with van der Waals surface area (Å²) in [5, 5.41) is 0. The van der Waals surface area contributed by atoms with Gasteiger partial charge in [0.15, 0.2) is 5.78 Å².